The Balaban J connectivity index is 3.51. The Hall–Kier alpha value is -2.57. The van der Waals surface area contributed by atoms with E-state index in [9.17, 15) is 14.4 Å². The van der Waals surface area contributed by atoms with Crippen LogP contribution < -0.4 is 10.6 Å². The van der Waals surface area contributed by atoms with Gasteiger partial charge in [-0.2, -0.15) is 0 Å². The number of carbonyl (C=O) groups is 3. The van der Waals surface area contributed by atoms with Crippen LogP contribution in [0.2, 0.25) is 0 Å². The third-order valence-electron chi connectivity index (χ3n) is 5.69. The zero-order chi connectivity index (χ0) is 27.6. The van der Waals surface area contributed by atoms with Gasteiger partial charge >= 0.3 is 6.09 Å². The molecule has 1 rings (SSSR count). The Morgan fingerprint density at radius 3 is 1.97 bits per heavy atom. The molecule has 1 aromatic rings. The number of benzene rings is 1. The molecule has 2 unspecified atom stereocenters. The average molecular weight is 504 g/mol. The van der Waals surface area contributed by atoms with Crippen molar-refractivity contribution in [1.82, 2.24) is 15.5 Å². The quantitative estimate of drug-likeness (QED) is 0.352. The van der Waals surface area contributed by atoms with E-state index in [4.69, 9.17) is 4.74 Å². The van der Waals surface area contributed by atoms with Crippen molar-refractivity contribution in [3.63, 3.8) is 0 Å². The van der Waals surface area contributed by atoms with Gasteiger partial charge in [0.15, 0.2) is 0 Å². The maximum absolute atomic E-state index is 14.1. The van der Waals surface area contributed by atoms with E-state index in [0.717, 1.165) is 42.4 Å². The Bertz CT molecular complexity index is 854. The van der Waals surface area contributed by atoms with Crippen LogP contribution in [0.25, 0.3) is 0 Å². The molecule has 2 atom stereocenters. The summed E-state index contributed by atoms with van der Waals surface area (Å²) in [5, 5.41) is 5.79. The lowest BCUT2D eigenvalue weighted by Crippen LogP contribution is -2.55. The van der Waals surface area contributed by atoms with Gasteiger partial charge in [0.2, 0.25) is 11.8 Å². The smallest absolute Gasteiger partial charge is 0.408 e. The van der Waals surface area contributed by atoms with Crippen molar-refractivity contribution in [3.8, 4) is 0 Å². The zero-order valence-corrected chi connectivity index (χ0v) is 24.2. The molecule has 36 heavy (non-hydrogen) atoms. The molecule has 0 heterocycles. The van der Waals surface area contributed by atoms with Crippen molar-refractivity contribution in [1.29, 1.82) is 0 Å². The van der Waals surface area contributed by atoms with Gasteiger partial charge < -0.3 is 20.3 Å². The SMILES string of the molecule is CCCCCCN(C(=O)C(NC(=O)OC(C)(C)C)C(C)C)C(C(=O)NC(C)C)c1cc(C)cc(C)c1. The van der Waals surface area contributed by atoms with Crippen LogP contribution in [0.5, 0.6) is 0 Å². The molecule has 0 aliphatic rings. The Morgan fingerprint density at radius 2 is 1.50 bits per heavy atom. The second-order valence-electron chi connectivity index (χ2n) is 11.4. The highest BCUT2D eigenvalue weighted by molar-refractivity contribution is 5.92. The second kappa shape index (κ2) is 14.2. The third kappa shape index (κ3) is 10.6. The van der Waals surface area contributed by atoms with Crippen LogP contribution in [0.3, 0.4) is 0 Å². The summed E-state index contributed by atoms with van der Waals surface area (Å²) in [7, 11) is 0. The monoisotopic (exact) mass is 503 g/mol. The Kier molecular flexibility index (Phi) is 12.4. The number of aryl methyl sites for hydroxylation is 2. The van der Waals surface area contributed by atoms with E-state index < -0.39 is 23.8 Å². The molecule has 3 amide bonds. The molecule has 2 N–H and O–H groups in total. The minimum atomic E-state index is -0.828. The summed E-state index contributed by atoms with van der Waals surface area (Å²) in [6, 6.07) is 4.28. The molecule has 0 saturated carbocycles. The third-order valence-corrected chi connectivity index (χ3v) is 5.69. The van der Waals surface area contributed by atoms with E-state index in [-0.39, 0.29) is 23.8 Å². The number of alkyl carbamates (subject to hydrolysis) is 1. The van der Waals surface area contributed by atoms with Crippen LogP contribution in [-0.4, -0.2) is 47.0 Å². The summed E-state index contributed by atoms with van der Waals surface area (Å²) in [5.74, 6) is -0.703. The van der Waals surface area contributed by atoms with Gasteiger partial charge in [-0.3, -0.25) is 9.59 Å². The standard InChI is InChI=1S/C29H49N3O4/c1-11-12-13-14-15-32(27(34)24(19(2)3)31-28(35)36-29(8,9)10)25(26(33)30-20(4)5)23-17-21(6)16-22(7)18-23/h16-20,24-25H,11-15H2,1-10H3,(H,30,33)(H,31,35). The normalized spacial score (nSPS) is 13.3. The molecule has 0 saturated heterocycles. The van der Waals surface area contributed by atoms with Gasteiger partial charge in [0, 0.05) is 12.6 Å². The minimum absolute atomic E-state index is 0.0799. The zero-order valence-electron chi connectivity index (χ0n) is 24.2. The van der Waals surface area contributed by atoms with Gasteiger partial charge in [-0.05, 0) is 66.4 Å². The van der Waals surface area contributed by atoms with Crippen LogP contribution in [0, 0.1) is 19.8 Å². The molecule has 0 bridgehead atoms. The summed E-state index contributed by atoms with van der Waals surface area (Å²) in [4.78, 5) is 42.0. The molecular weight excluding hydrogens is 454 g/mol. The molecule has 0 aliphatic carbocycles. The molecule has 0 aromatic heterocycles. The lowest BCUT2D eigenvalue weighted by atomic mass is 9.96. The van der Waals surface area contributed by atoms with Crippen molar-refractivity contribution in [2.75, 3.05) is 6.54 Å². The number of amides is 3. The fourth-order valence-electron chi connectivity index (χ4n) is 4.21. The van der Waals surface area contributed by atoms with Crippen LogP contribution in [-0.2, 0) is 14.3 Å². The van der Waals surface area contributed by atoms with E-state index in [0.29, 0.717) is 6.54 Å². The summed E-state index contributed by atoms with van der Waals surface area (Å²) in [6.07, 6.45) is 3.20. The van der Waals surface area contributed by atoms with E-state index in [1.165, 1.54) is 0 Å². The lowest BCUT2D eigenvalue weighted by Gasteiger charge is -2.36. The molecule has 204 valence electrons. The van der Waals surface area contributed by atoms with Gasteiger partial charge in [0.05, 0.1) is 0 Å². The number of hydrogen-bond acceptors (Lipinski definition) is 4. The molecule has 0 spiro atoms. The van der Waals surface area contributed by atoms with Gasteiger partial charge in [0.1, 0.15) is 17.7 Å². The summed E-state index contributed by atoms with van der Waals surface area (Å²) in [6.45, 7) is 19.5. The van der Waals surface area contributed by atoms with Gasteiger partial charge in [-0.15, -0.1) is 0 Å². The number of ether oxygens (including phenoxy) is 1. The van der Waals surface area contributed by atoms with E-state index in [1.54, 1.807) is 25.7 Å². The predicted molar refractivity (Wildman–Crippen MR) is 146 cm³/mol. The average Bonchev–Trinajstić information content (AvgIpc) is 2.70. The Labute approximate surface area is 218 Å². The first-order valence-corrected chi connectivity index (χ1v) is 13.3. The topological polar surface area (TPSA) is 87.7 Å². The Morgan fingerprint density at radius 1 is 0.917 bits per heavy atom. The van der Waals surface area contributed by atoms with Gasteiger partial charge in [0.25, 0.3) is 0 Å². The van der Waals surface area contributed by atoms with Crippen molar-refractivity contribution in [2.24, 2.45) is 5.92 Å². The second-order valence-corrected chi connectivity index (χ2v) is 11.4. The number of unbranched alkanes of at least 4 members (excludes halogenated alkanes) is 3. The van der Waals surface area contributed by atoms with Crippen molar-refractivity contribution in [3.05, 3.63) is 34.9 Å². The van der Waals surface area contributed by atoms with E-state index in [1.807, 2.05) is 53.7 Å². The molecule has 0 fully saturated rings. The minimum Gasteiger partial charge on any atom is -0.444 e. The van der Waals surface area contributed by atoms with E-state index in [2.05, 4.69) is 23.6 Å². The van der Waals surface area contributed by atoms with Crippen LogP contribution in [0.4, 0.5) is 4.79 Å². The summed E-state index contributed by atoms with van der Waals surface area (Å²) >= 11 is 0. The van der Waals surface area contributed by atoms with E-state index >= 15 is 0 Å². The molecule has 0 radical (unpaired) electrons. The molecule has 7 heteroatoms. The number of hydrogen-bond donors (Lipinski definition) is 2. The first kappa shape index (κ1) is 31.5. The highest BCUT2D eigenvalue weighted by Crippen LogP contribution is 2.27. The van der Waals surface area contributed by atoms with Crippen LogP contribution in [0.15, 0.2) is 18.2 Å². The number of carbonyl (C=O) groups excluding carboxylic acids is 3. The van der Waals surface area contributed by atoms with Crippen molar-refractivity contribution >= 4 is 17.9 Å². The summed E-state index contributed by atoms with van der Waals surface area (Å²) in [5.41, 5.74) is 2.14. The van der Waals surface area contributed by atoms with Crippen LogP contribution >= 0.6 is 0 Å². The fraction of sp³-hybridized carbons (Fsp3) is 0.690. The highest BCUT2D eigenvalue weighted by atomic mass is 16.6. The summed E-state index contributed by atoms with van der Waals surface area (Å²) < 4.78 is 5.44. The lowest BCUT2D eigenvalue weighted by molar-refractivity contribution is -0.143. The number of rotatable bonds is 12. The molecule has 7 nitrogen and oxygen atoms in total. The van der Waals surface area contributed by atoms with Crippen LogP contribution in [0.1, 0.15) is 104 Å². The maximum atomic E-state index is 14.1. The van der Waals surface area contributed by atoms with Gasteiger partial charge in [-0.1, -0.05) is 69.4 Å². The largest absolute Gasteiger partial charge is 0.444 e. The number of nitrogens with zero attached hydrogens (tertiary/aromatic N) is 1. The maximum Gasteiger partial charge on any atom is 0.408 e. The van der Waals surface area contributed by atoms with Crippen molar-refractivity contribution < 1.29 is 19.1 Å². The molecule has 1 aromatic carbocycles. The van der Waals surface area contributed by atoms with Crippen molar-refractivity contribution in [2.45, 2.75) is 119 Å². The number of nitrogens with one attached hydrogen (secondary N) is 2. The highest BCUT2D eigenvalue weighted by Gasteiger charge is 2.37. The first-order chi connectivity index (χ1) is 16.7. The molecular formula is C29H49N3O4. The fourth-order valence-corrected chi connectivity index (χ4v) is 4.21. The van der Waals surface area contributed by atoms with Gasteiger partial charge in [-0.25, -0.2) is 4.79 Å². The predicted octanol–water partition coefficient (Wildman–Crippen LogP) is 5.83. The first-order valence-electron chi connectivity index (χ1n) is 13.3. The molecule has 0 aliphatic heterocycles.